The Kier molecular flexibility index (Phi) is 6.29. The van der Waals surface area contributed by atoms with Gasteiger partial charge in [-0.15, -0.1) is 0 Å². The van der Waals surface area contributed by atoms with Gasteiger partial charge in [0, 0.05) is 42.9 Å². The molecule has 1 aromatic heterocycles. The van der Waals surface area contributed by atoms with Crippen molar-refractivity contribution >= 4 is 34.0 Å². The van der Waals surface area contributed by atoms with E-state index in [-0.39, 0.29) is 12.5 Å². The number of nitrogens with zero attached hydrogens (tertiary/aromatic N) is 3. The highest BCUT2D eigenvalue weighted by Crippen LogP contribution is 2.27. The van der Waals surface area contributed by atoms with E-state index >= 15 is 0 Å². The summed E-state index contributed by atoms with van der Waals surface area (Å²) in [5.41, 5.74) is 3.84. The van der Waals surface area contributed by atoms with Crippen molar-refractivity contribution in [3.05, 3.63) is 90.5 Å². The summed E-state index contributed by atoms with van der Waals surface area (Å²) in [7, 11) is 0. The number of aromatic nitrogens is 1. The van der Waals surface area contributed by atoms with Crippen molar-refractivity contribution in [2.75, 3.05) is 47.9 Å². The van der Waals surface area contributed by atoms with Crippen LogP contribution in [0.4, 0.5) is 17.2 Å². The van der Waals surface area contributed by atoms with Gasteiger partial charge in [-0.2, -0.15) is 0 Å². The van der Waals surface area contributed by atoms with Crippen molar-refractivity contribution in [2.24, 2.45) is 0 Å². The Morgan fingerprint density at radius 1 is 0.853 bits per heavy atom. The smallest absolute Gasteiger partial charge is 0.262 e. The summed E-state index contributed by atoms with van der Waals surface area (Å²) in [5.74, 6) is 1.35. The molecule has 6 heteroatoms. The standard InChI is InChI=1S/C28H28N4O2/c1-21-8-5-6-12-24(21)29-27(33)20-34-25-13-7-9-22-14-15-26(30-28(22)25)32-18-16-31(17-19-32)23-10-3-2-4-11-23/h2-15H,16-20H2,1H3,(H,29,33). The summed E-state index contributed by atoms with van der Waals surface area (Å²) in [6.45, 7) is 5.58. The predicted octanol–water partition coefficient (Wildman–Crippen LogP) is 4.89. The van der Waals surface area contributed by atoms with Crippen molar-refractivity contribution < 1.29 is 9.53 Å². The van der Waals surface area contributed by atoms with Gasteiger partial charge in [-0.3, -0.25) is 4.79 Å². The van der Waals surface area contributed by atoms with Gasteiger partial charge in [0.05, 0.1) is 0 Å². The number of carbonyl (C=O) groups excluding carboxylic acids is 1. The average molecular weight is 453 g/mol. The number of amides is 1. The molecule has 0 radical (unpaired) electrons. The van der Waals surface area contributed by atoms with Crippen LogP contribution >= 0.6 is 0 Å². The zero-order valence-corrected chi connectivity index (χ0v) is 19.3. The molecule has 0 atom stereocenters. The van der Waals surface area contributed by atoms with Crippen LogP contribution in [0.5, 0.6) is 5.75 Å². The van der Waals surface area contributed by atoms with E-state index in [0.29, 0.717) is 5.75 Å². The first-order valence-corrected chi connectivity index (χ1v) is 11.6. The number of piperazine rings is 1. The molecule has 0 aliphatic carbocycles. The third-order valence-electron chi connectivity index (χ3n) is 6.17. The van der Waals surface area contributed by atoms with Crippen LogP contribution in [0, 0.1) is 6.92 Å². The van der Waals surface area contributed by atoms with Crippen LogP contribution in [-0.4, -0.2) is 43.7 Å². The van der Waals surface area contributed by atoms with E-state index in [2.05, 4.69) is 51.5 Å². The van der Waals surface area contributed by atoms with Gasteiger partial charge in [0.2, 0.25) is 0 Å². The van der Waals surface area contributed by atoms with Crippen molar-refractivity contribution in [3.8, 4) is 5.75 Å². The van der Waals surface area contributed by atoms with Gasteiger partial charge in [-0.25, -0.2) is 4.98 Å². The number of hydrogen-bond acceptors (Lipinski definition) is 5. The highest BCUT2D eigenvalue weighted by Gasteiger charge is 2.19. The normalized spacial score (nSPS) is 13.7. The van der Waals surface area contributed by atoms with E-state index in [1.54, 1.807) is 0 Å². The average Bonchev–Trinajstić information content (AvgIpc) is 2.89. The predicted molar refractivity (Wildman–Crippen MR) is 138 cm³/mol. The number of para-hydroxylation sites is 3. The highest BCUT2D eigenvalue weighted by atomic mass is 16.5. The van der Waals surface area contributed by atoms with Crippen LogP contribution in [0.15, 0.2) is 84.9 Å². The Morgan fingerprint density at radius 3 is 2.38 bits per heavy atom. The zero-order chi connectivity index (χ0) is 23.3. The lowest BCUT2D eigenvalue weighted by molar-refractivity contribution is -0.118. The zero-order valence-electron chi connectivity index (χ0n) is 19.3. The Morgan fingerprint density at radius 2 is 1.59 bits per heavy atom. The van der Waals surface area contributed by atoms with E-state index in [1.807, 2.05) is 55.5 Å². The van der Waals surface area contributed by atoms with E-state index in [9.17, 15) is 4.79 Å². The molecule has 1 amide bonds. The van der Waals surface area contributed by atoms with Crippen LogP contribution in [0.2, 0.25) is 0 Å². The Balaban J connectivity index is 1.27. The van der Waals surface area contributed by atoms with Gasteiger partial charge in [0.1, 0.15) is 17.1 Å². The Hall–Kier alpha value is -4.06. The number of fused-ring (bicyclic) bond motifs is 1. The second-order valence-corrected chi connectivity index (χ2v) is 8.46. The monoisotopic (exact) mass is 452 g/mol. The lowest BCUT2D eigenvalue weighted by Crippen LogP contribution is -2.46. The second-order valence-electron chi connectivity index (χ2n) is 8.46. The fraction of sp³-hybridized carbons (Fsp3) is 0.214. The van der Waals surface area contributed by atoms with Crippen molar-refractivity contribution in [3.63, 3.8) is 0 Å². The fourth-order valence-corrected chi connectivity index (χ4v) is 4.28. The number of nitrogens with one attached hydrogen (secondary N) is 1. The topological polar surface area (TPSA) is 57.7 Å². The first-order valence-electron chi connectivity index (χ1n) is 11.6. The number of ether oxygens (including phenoxy) is 1. The molecule has 1 aliphatic rings. The number of benzene rings is 3. The molecule has 5 rings (SSSR count). The molecule has 0 spiro atoms. The SMILES string of the molecule is Cc1ccccc1NC(=O)COc1cccc2ccc(N3CCN(c4ccccc4)CC3)nc12. The summed E-state index contributed by atoms with van der Waals surface area (Å²) < 4.78 is 5.91. The van der Waals surface area contributed by atoms with Crippen LogP contribution in [-0.2, 0) is 4.79 Å². The van der Waals surface area contributed by atoms with Gasteiger partial charge in [-0.1, -0.05) is 48.5 Å². The van der Waals surface area contributed by atoms with E-state index in [0.717, 1.165) is 54.2 Å². The maximum absolute atomic E-state index is 12.5. The molecule has 4 aromatic rings. The summed E-state index contributed by atoms with van der Waals surface area (Å²) in [6, 6.07) is 28.2. The molecule has 1 N–H and O–H groups in total. The molecule has 1 fully saturated rings. The number of anilines is 3. The molecule has 2 heterocycles. The first-order chi connectivity index (χ1) is 16.7. The van der Waals surface area contributed by atoms with Gasteiger partial charge < -0.3 is 19.9 Å². The number of aryl methyl sites for hydroxylation is 1. The summed E-state index contributed by atoms with van der Waals surface area (Å²) in [6.07, 6.45) is 0. The lowest BCUT2D eigenvalue weighted by atomic mass is 10.2. The third kappa shape index (κ3) is 4.81. The van der Waals surface area contributed by atoms with Crippen LogP contribution in [0.1, 0.15) is 5.56 Å². The van der Waals surface area contributed by atoms with Crippen LogP contribution in [0.3, 0.4) is 0 Å². The molecule has 1 aliphatic heterocycles. The largest absolute Gasteiger partial charge is 0.481 e. The number of pyridine rings is 1. The second kappa shape index (κ2) is 9.83. The molecule has 34 heavy (non-hydrogen) atoms. The fourth-order valence-electron chi connectivity index (χ4n) is 4.28. The van der Waals surface area contributed by atoms with Crippen molar-refractivity contribution in [1.29, 1.82) is 0 Å². The van der Waals surface area contributed by atoms with Gasteiger partial charge in [-0.05, 0) is 48.9 Å². The van der Waals surface area contributed by atoms with Crippen molar-refractivity contribution in [1.82, 2.24) is 4.98 Å². The van der Waals surface area contributed by atoms with E-state index < -0.39 is 0 Å². The quantitative estimate of drug-likeness (QED) is 0.452. The van der Waals surface area contributed by atoms with Gasteiger partial charge >= 0.3 is 0 Å². The molecule has 0 bridgehead atoms. The van der Waals surface area contributed by atoms with Crippen LogP contribution in [0.25, 0.3) is 10.9 Å². The minimum absolute atomic E-state index is 0.0743. The summed E-state index contributed by atoms with van der Waals surface area (Å²) >= 11 is 0. The maximum atomic E-state index is 12.5. The summed E-state index contributed by atoms with van der Waals surface area (Å²) in [5, 5.41) is 3.90. The third-order valence-corrected chi connectivity index (χ3v) is 6.17. The van der Waals surface area contributed by atoms with E-state index in [4.69, 9.17) is 9.72 Å². The molecular formula is C28H28N4O2. The molecule has 6 nitrogen and oxygen atoms in total. The maximum Gasteiger partial charge on any atom is 0.262 e. The molecule has 0 unspecified atom stereocenters. The molecule has 0 saturated carbocycles. The van der Waals surface area contributed by atoms with Crippen LogP contribution < -0.4 is 19.9 Å². The minimum atomic E-state index is -0.195. The first kappa shape index (κ1) is 21.8. The number of rotatable bonds is 6. The lowest BCUT2D eigenvalue weighted by Gasteiger charge is -2.36. The van der Waals surface area contributed by atoms with E-state index in [1.165, 1.54) is 5.69 Å². The van der Waals surface area contributed by atoms with Crippen molar-refractivity contribution in [2.45, 2.75) is 6.92 Å². The minimum Gasteiger partial charge on any atom is -0.481 e. The molecule has 3 aromatic carbocycles. The Labute approximate surface area is 199 Å². The highest BCUT2D eigenvalue weighted by molar-refractivity contribution is 5.93. The molecule has 172 valence electrons. The number of carbonyl (C=O) groups is 1. The number of hydrogen-bond donors (Lipinski definition) is 1. The Bertz CT molecular complexity index is 1280. The van der Waals surface area contributed by atoms with Gasteiger partial charge in [0.15, 0.2) is 6.61 Å². The summed E-state index contributed by atoms with van der Waals surface area (Å²) in [4.78, 5) is 22.1. The molecule has 1 saturated heterocycles. The van der Waals surface area contributed by atoms with Gasteiger partial charge in [0.25, 0.3) is 5.91 Å². The molecular weight excluding hydrogens is 424 g/mol.